The number of rotatable bonds is 7. The number of carboxylic acids is 1. The number of nitrogens with two attached hydrogens (primary N) is 1. The predicted molar refractivity (Wildman–Crippen MR) is 81.9 cm³/mol. The molecule has 5 heteroatoms. The lowest BCUT2D eigenvalue weighted by Gasteiger charge is -2.27. The Bertz CT molecular complexity index is 511. The average Bonchev–Trinajstić information content (AvgIpc) is 2.35. The molecule has 1 aromatic rings. The van der Waals surface area contributed by atoms with Crippen molar-refractivity contribution in [3.8, 4) is 11.5 Å². The van der Waals surface area contributed by atoms with Crippen molar-refractivity contribution in [1.82, 2.24) is 0 Å². The average molecular weight is 295 g/mol. The first-order valence-electron chi connectivity index (χ1n) is 6.90. The molecule has 0 saturated carbocycles. The molecule has 0 aliphatic heterocycles. The first-order valence-corrected chi connectivity index (χ1v) is 6.90. The molecule has 0 aromatic heterocycles. The number of carbonyl (C=O) groups is 1. The van der Waals surface area contributed by atoms with Crippen molar-refractivity contribution in [1.29, 1.82) is 0 Å². The van der Waals surface area contributed by atoms with Gasteiger partial charge in [-0.25, -0.2) is 0 Å². The highest BCUT2D eigenvalue weighted by Crippen LogP contribution is 2.37. The summed E-state index contributed by atoms with van der Waals surface area (Å²) in [5.41, 5.74) is 7.87. The molecule has 21 heavy (non-hydrogen) atoms. The summed E-state index contributed by atoms with van der Waals surface area (Å²) in [6.07, 6.45) is 0.669. The number of hydrogen-bond donors (Lipinski definition) is 2. The Balaban J connectivity index is 3.02. The maximum absolute atomic E-state index is 10.9. The van der Waals surface area contributed by atoms with Crippen molar-refractivity contribution in [2.45, 2.75) is 39.7 Å². The Hall–Kier alpha value is -1.75. The van der Waals surface area contributed by atoms with Gasteiger partial charge < -0.3 is 20.3 Å². The van der Waals surface area contributed by atoms with Gasteiger partial charge in [0.1, 0.15) is 0 Å². The molecule has 0 radical (unpaired) electrons. The fraction of sp³-hybridized carbons (Fsp3) is 0.562. The van der Waals surface area contributed by atoms with Crippen LogP contribution in [0.25, 0.3) is 0 Å². The Morgan fingerprint density at radius 3 is 2.29 bits per heavy atom. The van der Waals surface area contributed by atoms with Gasteiger partial charge in [-0.15, -0.1) is 0 Å². The number of hydrogen-bond acceptors (Lipinski definition) is 4. The molecule has 3 N–H and O–H groups in total. The zero-order valence-corrected chi connectivity index (χ0v) is 13.4. The highest BCUT2D eigenvalue weighted by molar-refractivity contribution is 5.67. The van der Waals surface area contributed by atoms with Crippen molar-refractivity contribution < 1.29 is 19.4 Å². The number of aliphatic carboxylic acids is 1. The van der Waals surface area contributed by atoms with Gasteiger partial charge in [-0.05, 0) is 42.0 Å². The zero-order valence-electron chi connectivity index (χ0n) is 13.4. The lowest BCUT2D eigenvalue weighted by atomic mass is 9.80. The summed E-state index contributed by atoms with van der Waals surface area (Å²) < 4.78 is 10.6. The molecule has 0 heterocycles. The van der Waals surface area contributed by atoms with Crippen LogP contribution in [0.1, 0.15) is 43.9 Å². The summed E-state index contributed by atoms with van der Waals surface area (Å²) in [7, 11) is 3.17. The molecule has 0 aliphatic carbocycles. The summed E-state index contributed by atoms with van der Waals surface area (Å²) in [6, 6.07) is 3.51. The van der Waals surface area contributed by atoms with Gasteiger partial charge in [0.05, 0.1) is 20.6 Å². The summed E-state index contributed by atoms with van der Waals surface area (Å²) in [5.74, 6) is 0.483. The van der Waals surface area contributed by atoms with E-state index in [9.17, 15) is 4.79 Å². The van der Waals surface area contributed by atoms with E-state index < -0.39 is 5.97 Å². The van der Waals surface area contributed by atoms with E-state index in [2.05, 4.69) is 0 Å². The van der Waals surface area contributed by atoms with Crippen molar-refractivity contribution in [3.63, 3.8) is 0 Å². The molecule has 5 nitrogen and oxygen atoms in total. The lowest BCUT2D eigenvalue weighted by molar-refractivity contribution is -0.139. The van der Waals surface area contributed by atoms with E-state index >= 15 is 0 Å². The third-order valence-electron chi connectivity index (χ3n) is 3.57. The van der Waals surface area contributed by atoms with Gasteiger partial charge in [-0.3, -0.25) is 4.79 Å². The van der Waals surface area contributed by atoms with E-state index in [-0.39, 0.29) is 17.9 Å². The zero-order chi connectivity index (χ0) is 16.2. The second-order valence-corrected chi connectivity index (χ2v) is 6.11. The van der Waals surface area contributed by atoms with Gasteiger partial charge >= 0.3 is 5.97 Å². The van der Waals surface area contributed by atoms with E-state index in [4.69, 9.17) is 20.3 Å². The number of benzene rings is 1. The van der Waals surface area contributed by atoms with Crippen LogP contribution in [0.2, 0.25) is 0 Å². The summed E-state index contributed by atoms with van der Waals surface area (Å²) >= 11 is 0. The molecule has 0 spiro atoms. The minimum atomic E-state index is -0.809. The number of aryl methyl sites for hydroxylation is 1. The second kappa shape index (κ2) is 6.80. The van der Waals surface area contributed by atoms with Crippen LogP contribution in [-0.2, 0) is 4.79 Å². The van der Waals surface area contributed by atoms with Gasteiger partial charge in [0.25, 0.3) is 0 Å². The molecule has 0 aliphatic rings. The summed E-state index contributed by atoms with van der Waals surface area (Å²) in [4.78, 5) is 10.9. The molecule has 1 aromatic carbocycles. The molecule has 1 atom stereocenters. The molecular weight excluding hydrogens is 270 g/mol. The highest BCUT2D eigenvalue weighted by atomic mass is 16.5. The fourth-order valence-electron chi connectivity index (χ4n) is 2.58. The topological polar surface area (TPSA) is 81.8 Å². The van der Waals surface area contributed by atoms with E-state index in [0.717, 1.165) is 11.1 Å². The molecule has 1 unspecified atom stereocenters. The van der Waals surface area contributed by atoms with Crippen molar-refractivity contribution in [2.24, 2.45) is 11.1 Å². The molecule has 1 rings (SSSR count). The standard InChI is InChI=1S/C16H25NO4/c1-10-6-13(20-4)14(21-5)7-11(10)12(17)8-16(2,3)9-15(18)19/h6-7,12H,8-9,17H2,1-5H3,(H,18,19). The van der Waals surface area contributed by atoms with Crippen molar-refractivity contribution in [3.05, 3.63) is 23.3 Å². The summed E-state index contributed by atoms with van der Waals surface area (Å²) in [6.45, 7) is 5.79. The Morgan fingerprint density at radius 2 is 1.81 bits per heavy atom. The predicted octanol–water partition coefficient (Wildman–Crippen LogP) is 2.90. The molecule has 0 bridgehead atoms. The molecule has 118 valence electrons. The van der Waals surface area contributed by atoms with Crippen molar-refractivity contribution >= 4 is 5.97 Å². The third-order valence-corrected chi connectivity index (χ3v) is 3.57. The number of carboxylic acid groups (broad SMARTS) is 1. The van der Waals surface area contributed by atoms with Crippen LogP contribution in [0.5, 0.6) is 11.5 Å². The monoisotopic (exact) mass is 295 g/mol. The first kappa shape index (κ1) is 17.3. The molecule has 0 fully saturated rings. The Kier molecular flexibility index (Phi) is 5.61. The van der Waals surface area contributed by atoms with Crippen LogP contribution >= 0.6 is 0 Å². The van der Waals surface area contributed by atoms with E-state index in [1.165, 1.54) is 0 Å². The number of methoxy groups -OCH3 is 2. The Morgan fingerprint density at radius 1 is 1.29 bits per heavy atom. The molecule has 0 saturated heterocycles. The highest BCUT2D eigenvalue weighted by Gasteiger charge is 2.26. The van der Waals surface area contributed by atoms with E-state index in [1.54, 1.807) is 14.2 Å². The largest absolute Gasteiger partial charge is 0.493 e. The van der Waals surface area contributed by atoms with Crippen LogP contribution in [0.3, 0.4) is 0 Å². The van der Waals surface area contributed by atoms with Crippen molar-refractivity contribution in [2.75, 3.05) is 14.2 Å². The van der Waals surface area contributed by atoms with E-state index in [0.29, 0.717) is 17.9 Å². The van der Waals surface area contributed by atoms with Gasteiger partial charge in [0, 0.05) is 6.04 Å². The smallest absolute Gasteiger partial charge is 0.303 e. The van der Waals surface area contributed by atoms with Gasteiger partial charge in [0.2, 0.25) is 0 Å². The molecular formula is C16H25NO4. The van der Waals surface area contributed by atoms with Crippen LogP contribution in [-0.4, -0.2) is 25.3 Å². The quantitative estimate of drug-likeness (QED) is 0.808. The maximum atomic E-state index is 10.9. The van der Waals surface area contributed by atoms with E-state index in [1.807, 2.05) is 32.9 Å². The summed E-state index contributed by atoms with van der Waals surface area (Å²) in [5, 5.41) is 8.96. The minimum absolute atomic E-state index is 0.0903. The van der Waals surface area contributed by atoms with Crippen LogP contribution in [0, 0.1) is 12.3 Å². The maximum Gasteiger partial charge on any atom is 0.303 e. The Labute approximate surface area is 126 Å². The van der Waals surface area contributed by atoms with Gasteiger partial charge in [0.15, 0.2) is 11.5 Å². The van der Waals surface area contributed by atoms with Gasteiger partial charge in [-0.1, -0.05) is 13.8 Å². The lowest BCUT2D eigenvalue weighted by Crippen LogP contribution is -2.24. The second-order valence-electron chi connectivity index (χ2n) is 6.11. The van der Waals surface area contributed by atoms with Crippen LogP contribution in [0.4, 0.5) is 0 Å². The SMILES string of the molecule is COc1cc(C)c(C(N)CC(C)(C)CC(=O)O)cc1OC. The van der Waals surface area contributed by atoms with Gasteiger partial charge in [-0.2, -0.15) is 0 Å². The normalized spacial score (nSPS) is 12.9. The molecule has 0 amide bonds. The first-order chi connectivity index (χ1) is 9.70. The van der Waals surface area contributed by atoms with Crippen LogP contribution < -0.4 is 15.2 Å². The number of ether oxygens (including phenoxy) is 2. The third kappa shape index (κ3) is 4.63. The van der Waals surface area contributed by atoms with Crippen LogP contribution in [0.15, 0.2) is 12.1 Å². The minimum Gasteiger partial charge on any atom is -0.493 e. The fourth-order valence-corrected chi connectivity index (χ4v) is 2.58.